The minimum atomic E-state index is -0.529. The van der Waals surface area contributed by atoms with Crippen LogP contribution in [0, 0.1) is 17.7 Å². The number of carbonyl (C=O) groups is 1. The van der Waals surface area contributed by atoms with Gasteiger partial charge in [-0.15, -0.1) is 0 Å². The average molecular weight is 519 g/mol. The third-order valence-corrected chi connectivity index (χ3v) is 7.46. The highest BCUT2D eigenvalue weighted by molar-refractivity contribution is 6.31. The molecule has 1 N–H and O–H groups in total. The van der Waals surface area contributed by atoms with Gasteiger partial charge in [0, 0.05) is 44.3 Å². The van der Waals surface area contributed by atoms with Crippen LogP contribution in [-0.4, -0.2) is 44.2 Å². The zero-order valence-electron chi connectivity index (χ0n) is 21.1. The minimum absolute atomic E-state index is 0.0110. The van der Waals surface area contributed by atoms with E-state index in [9.17, 15) is 18.8 Å². The number of hydrogen-bond acceptors (Lipinski definition) is 5. The Kier molecular flexibility index (Phi) is 7.54. The molecule has 0 spiro atoms. The minimum Gasteiger partial charge on any atom is -0.356 e. The number of nitrogens with zero attached hydrogens (tertiary/aromatic N) is 5. The molecule has 1 fully saturated rings. The van der Waals surface area contributed by atoms with Crippen LogP contribution in [0.2, 0.25) is 5.02 Å². The molecule has 0 bridgehead atoms. The fraction of sp³-hybridized carbons (Fsp3) is 0.520. The van der Waals surface area contributed by atoms with E-state index in [1.54, 1.807) is 17.7 Å². The zero-order valence-corrected chi connectivity index (χ0v) is 21.8. The summed E-state index contributed by atoms with van der Waals surface area (Å²) >= 11 is 6.32. The number of nitrogens with one attached hydrogen (secondary N) is 1. The summed E-state index contributed by atoms with van der Waals surface area (Å²) in [4.78, 5) is 45.3. The summed E-state index contributed by atoms with van der Waals surface area (Å²) in [7, 11) is 2.94. The van der Waals surface area contributed by atoms with Gasteiger partial charge >= 0.3 is 5.69 Å². The molecular formula is C25H32ClFN6O3. The van der Waals surface area contributed by atoms with E-state index in [-0.39, 0.29) is 40.1 Å². The number of halogens is 2. The molecule has 2 aromatic heterocycles. The lowest BCUT2D eigenvalue weighted by Crippen LogP contribution is -2.44. The molecule has 1 saturated heterocycles. The van der Waals surface area contributed by atoms with Gasteiger partial charge in [0.2, 0.25) is 11.9 Å². The van der Waals surface area contributed by atoms with Crippen molar-refractivity contribution in [3.8, 4) is 0 Å². The molecule has 0 aliphatic carbocycles. The summed E-state index contributed by atoms with van der Waals surface area (Å²) in [5.74, 6) is 0.0312. The molecule has 2 atom stereocenters. The van der Waals surface area contributed by atoms with Gasteiger partial charge in [0.15, 0.2) is 11.2 Å². The number of anilines is 1. The number of carbonyl (C=O) groups excluding carboxylic acids is 1. The van der Waals surface area contributed by atoms with Crippen molar-refractivity contribution in [2.75, 3.05) is 24.5 Å². The Morgan fingerprint density at radius 2 is 2.03 bits per heavy atom. The lowest BCUT2D eigenvalue weighted by molar-refractivity contribution is -0.125. The van der Waals surface area contributed by atoms with E-state index in [2.05, 4.69) is 24.1 Å². The molecule has 4 rings (SSSR count). The highest BCUT2D eigenvalue weighted by atomic mass is 35.5. The van der Waals surface area contributed by atoms with Gasteiger partial charge in [0.05, 0.1) is 12.5 Å². The summed E-state index contributed by atoms with van der Waals surface area (Å²) < 4.78 is 18.7. The lowest BCUT2D eigenvalue weighted by atomic mass is 9.97. The van der Waals surface area contributed by atoms with Crippen molar-refractivity contribution in [3.05, 3.63) is 55.4 Å². The van der Waals surface area contributed by atoms with Crippen LogP contribution in [0.5, 0.6) is 0 Å². The first-order valence-electron chi connectivity index (χ1n) is 12.3. The number of aryl methyl sites for hydroxylation is 1. The van der Waals surface area contributed by atoms with Gasteiger partial charge in [-0.2, -0.15) is 4.98 Å². The number of fused-ring (bicyclic) bond motifs is 1. The van der Waals surface area contributed by atoms with Crippen molar-refractivity contribution in [3.63, 3.8) is 0 Å². The number of hydrogen-bond donors (Lipinski definition) is 1. The van der Waals surface area contributed by atoms with Crippen LogP contribution in [0.4, 0.5) is 10.3 Å². The third kappa shape index (κ3) is 4.78. The largest absolute Gasteiger partial charge is 0.356 e. The maximum atomic E-state index is 14.8. The maximum Gasteiger partial charge on any atom is 0.332 e. The molecule has 2 unspecified atom stereocenters. The first kappa shape index (κ1) is 25.9. The van der Waals surface area contributed by atoms with Gasteiger partial charge in [-0.1, -0.05) is 37.9 Å². The smallest absolute Gasteiger partial charge is 0.332 e. The van der Waals surface area contributed by atoms with Gasteiger partial charge in [-0.25, -0.2) is 9.18 Å². The van der Waals surface area contributed by atoms with Crippen LogP contribution >= 0.6 is 11.6 Å². The van der Waals surface area contributed by atoms with Crippen molar-refractivity contribution in [2.45, 2.75) is 39.7 Å². The third-order valence-electron chi connectivity index (χ3n) is 7.10. The molecule has 1 aliphatic rings. The van der Waals surface area contributed by atoms with E-state index in [1.807, 2.05) is 4.90 Å². The van der Waals surface area contributed by atoms with Crippen molar-refractivity contribution in [1.82, 2.24) is 24.0 Å². The number of aromatic nitrogens is 4. The van der Waals surface area contributed by atoms with E-state index in [1.165, 1.54) is 23.7 Å². The van der Waals surface area contributed by atoms with E-state index >= 15 is 0 Å². The molecule has 1 amide bonds. The number of imidazole rings is 1. The maximum absolute atomic E-state index is 14.8. The second kappa shape index (κ2) is 10.5. The summed E-state index contributed by atoms with van der Waals surface area (Å²) in [5, 5.41) is 3.27. The van der Waals surface area contributed by atoms with Crippen LogP contribution in [0.3, 0.4) is 0 Å². The predicted octanol–water partition coefficient (Wildman–Crippen LogP) is 2.65. The van der Waals surface area contributed by atoms with Crippen molar-refractivity contribution >= 4 is 34.6 Å². The Morgan fingerprint density at radius 1 is 1.28 bits per heavy atom. The van der Waals surface area contributed by atoms with E-state index in [0.29, 0.717) is 31.5 Å². The van der Waals surface area contributed by atoms with Gasteiger partial charge in [-0.05, 0) is 30.9 Å². The molecule has 194 valence electrons. The van der Waals surface area contributed by atoms with Crippen LogP contribution in [0.15, 0.2) is 27.8 Å². The first-order valence-corrected chi connectivity index (χ1v) is 12.6. The van der Waals surface area contributed by atoms with Gasteiger partial charge in [0.25, 0.3) is 5.56 Å². The fourth-order valence-electron chi connectivity index (χ4n) is 4.60. The van der Waals surface area contributed by atoms with Gasteiger partial charge < -0.3 is 10.2 Å². The number of benzene rings is 1. The van der Waals surface area contributed by atoms with Crippen molar-refractivity contribution in [2.24, 2.45) is 25.9 Å². The SMILES string of the molecule is CCC(C)CNC(=O)C1CCCN(c2nc3c(c(=O)n(C)c(=O)n3C)n2Cc2c(F)cccc2Cl)C1. The topological polar surface area (TPSA) is 94.2 Å². The lowest BCUT2D eigenvalue weighted by Gasteiger charge is -2.33. The summed E-state index contributed by atoms with van der Waals surface area (Å²) in [6.07, 6.45) is 2.47. The van der Waals surface area contributed by atoms with Crippen molar-refractivity contribution in [1.29, 1.82) is 0 Å². The Bertz CT molecular complexity index is 1390. The molecule has 9 nitrogen and oxygen atoms in total. The van der Waals surface area contributed by atoms with Crippen LogP contribution in [0.25, 0.3) is 11.2 Å². The Morgan fingerprint density at radius 3 is 2.72 bits per heavy atom. The molecular weight excluding hydrogens is 487 g/mol. The van der Waals surface area contributed by atoms with Crippen LogP contribution in [0.1, 0.15) is 38.7 Å². The summed E-state index contributed by atoms with van der Waals surface area (Å²) in [6, 6.07) is 4.42. The summed E-state index contributed by atoms with van der Waals surface area (Å²) in [5.41, 5.74) is -0.436. The second-order valence-corrected chi connectivity index (χ2v) is 10.0. The van der Waals surface area contributed by atoms with E-state index < -0.39 is 17.1 Å². The average Bonchev–Trinajstić information content (AvgIpc) is 3.26. The second-order valence-electron chi connectivity index (χ2n) is 9.62. The molecule has 11 heteroatoms. The molecule has 3 heterocycles. The quantitative estimate of drug-likeness (QED) is 0.519. The highest BCUT2D eigenvalue weighted by Crippen LogP contribution is 2.28. The summed E-state index contributed by atoms with van der Waals surface area (Å²) in [6.45, 7) is 5.75. The molecule has 0 saturated carbocycles. The number of amides is 1. The Labute approximate surface area is 213 Å². The monoisotopic (exact) mass is 518 g/mol. The fourth-order valence-corrected chi connectivity index (χ4v) is 4.83. The Balaban J connectivity index is 1.79. The predicted molar refractivity (Wildman–Crippen MR) is 138 cm³/mol. The number of rotatable bonds is 7. The van der Waals surface area contributed by atoms with Crippen LogP contribution in [-0.2, 0) is 25.4 Å². The van der Waals surface area contributed by atoms with E-state index in [0.717, 1.165) is 23.8 Å². The highest BCUT2D eigenvalue weighted by Gasteiger charge is 2.30. The van der Waals surface area contributed by atoms with Gasteiger partial charge in [0.1, 0.15) is 5.82 Å². The molecule has 36 heavy (non-hydrogen) atoms. The van der Waals surface area contributed by atoms with E-state index in [4.69, 9.17) is 11.6 Å². The van der Waals surface area contributed by atoms with Crippen LogP contribution < -0.4 is 21.5 Å². The standard InChI is InChI=1S/C25H32ClFN6O3/c1-5-15(2)12-28-22(34)16-8-7-11-32(13-16)24-29-21-20(23(35)31(4)25(36)30(21)3)33(24)14-17-18(26)9-6-10-19(17)27/h6,9-10,15-16H,5,7-8,11-14H2,1-4H3,(H,28,34). The molecule has 1 aromatic carbocycles. The Hall–Kier alpha value is -3.14. The normalized spacial score (nSPS) is 16.9. The number of piperidine rings is 1. The van der Waals surface area contributed by atoms with Crippen molar-refractivity contribution < 1.29 is 9.18 Å². The molecule has 1 aliphatic heterocycles. The first-order chi connectivity index (χ1) is 17.1. The molecule has 3 aromatic rings. The molecule has 0 radical (unpaired) electrons. The zero-order chi connectivity index (χ0) is 26.1. The van der Waals surface area contributed by atoms with Gasteiger partial charge in [-0.3, -0.25) is 23.3 Å².